The molecule has 14 nitrogen and oxygen atoms in total. The Balaban J connectivity index is 3.34. The maximum absolute atomic E-state index is 10.6. The molecule has 0 amide bonds. The number of hydrogen-bond acceptors (Lipinski definition) is 11. The van der Waals surface area contributed by atoms with Crippen LogP contribution in [0.2, 0.25) is 0 Å². The molecule has 0 aliphatic heterocycles. The highest BCUT2D eigenvalue weighted by atomic mass is 32.3. The summed E-state index contributed by atoms with van der Waals surface area (Å²) in [4.78, 5) is 6.22. The van der Waals surface area contributed by atoms with Gasteiger partial charge in [-0.05, 0) is 12.1 Å². The molecule has 0 heterocycles. The Morgan fingerprint density at radius 2 is 1.24 bits per heavy atom. The summed E-state index contributed by atoms with van der Waals surface area (Å²) in [5.74, 6) is -0.132. The van der Waals surface area contributed by atoms with Crippen molar-refractivity contribution in [3.8, 4) is 23.6 Å². The lowest BCUT2D eigenvalue weighted by atomic mass is 10.1. The Kier molecular flexibility index (Phi) is 11.2. The summed E-state index contributed by atoms with van der Waals surface area (Å²) in [6.07, 6.45) is 0.0309. The zero-order valence-electron chi connectivity index (χ0n) is 17.2. The van der Waals surface area contributed by atoms with E-state index in [4.69, 9.17) is 40.8 Å². The number of ether oxygens (including phenoxy) is 2. The smallest absolute Gasteiger partial charge is 0.397 e. The van der Waals surface area contributed by atoms with Crippen LogP contribution in [0.25, 0.3) is 21.1 Å². The SMILES string of the molecule is [C-]#[N+]/C(C#N)=c1/cc(OCCCOS(=O)(=O)O)/c(=C(\C#N)[N+]#[C-])cc1OCCCOS(O)(O)O. The van der Waals surface area contributed by atoms with E-state index in [0.29, 0.717) is 0 Å². The second-order valence-corrected chi connectivity index (χ2v) is 8.20. The largest absolute Gasteiger partial charge is 0.494 e. The zero-order chi connectivity index (χ0) is 25.8. The molecule has 1 rings (SSSR count). The summed E-state index contributed by atoms with van der Waals surface area (Å²) >= 11 is -4.14. The summed E-state index contributed by atoms with van der Waals surface area (Å²) < 4.78 is 75.6. The van der Waals surface area contributed by atoms with Crippen LogP contribution in [0.1, 0.15) is 12.8 Å². The number of benzene rings is 1. The fraction of sp³-hybridized carbons (Fsp3) is 0.333. The quantitative estimate of drug-likeness (QED) is 0.177. The molecule has 0 saturated heterocycles. The molecule has 1 aromatic rings. The third-order valence-corrected chi connectivity index (χ3v) is 4.54. The Morgan fingerprint density at radius 1 is 0.824 bits per heavy atom. The third-order valence-electron chi connectivity index (χ3n) is 3.59. The predicted molar refractivity (Wildman–Crippen MR) is 116 cm³/mol. The maximum Gasteiger partial charge on any atom is 0.397 e. The highest BCUT2D eigenvalue weighted by molar-refractivity contribution is 8.15. The normalized spacial score (nSPS) is 13.4. The highest BCUT2D eigenvalue weighted by Crippen LogP contribution is 2.33. The summed E-state index contributed by atoms with van der Waals surface area (Å²) in [6.45, 7) is 13.4. The lowest BCUT2D eigenvalue weighted by Gasteiger charge is -2.18. The van der Waals surface area contributed by atoms with Gasteiger partial charge in [-0.25, -0.2) is 24.4 Å². The summed E-state index contributed by atoms with van der Waals surface area (Å²) in [7, 11) is -4.63. The number of nitriles is 2. The highest BCUT2D eigenvalue weighted by Gasteiger charge is 2.14. The van der Waals surface area contributed by atoms with Gasteiger partial charge in [-0.3, -0.25) is 22.4 Å². The van der Waals surface area contributed by atoms with Crippen molar-refractivity contribution in [1.82, 2.24) is 0 Å². The molecule has 0 radical (unpaired) electrons. The Hall–Kier alpha value is -3.42. The molecule has 1 aromatic carbocycles. The summed E-state index contributed by atoms with van der Waals surface area (Å²) in [6, 6.07) is 5.78. The molecule has 0 aliphatic rings. The van der Waals surface area contributed by atoms with Crippen LogP contribution >= 0.6 is 11.2 Å². The average Bonchev–Trinajstić information content (AvgIpc) is 2.75. The van der Waals surface area contributed by atoms with Crippen LogP contribution < -0.4 is 19.9 Å². The molecule has 0 fully saturated rings. The molecule has 4 N–H and O–H groups in total. The Bertz CT molecular complexity index is 1250. The van der Waals surface area contributed by atoms with E-state index in [1.165, 1.54) is 12.1 Å². The van der Waals surface area contributed by atoms with E-state index in [2.05, 4.69) is 18.1 Å². The number of hydrogen-bond donors (Lipinski definition) is 4. The first-order valence-electron chi connectivity index (χ1n) is 8.96. The minimum atomic E-state index is -4.63. The fourth-order valence-electron chi connectivity index (χ4n) is 2.28. The lowest BCUT2D eigenvalue weighted by Crippen LogP contribution is -2.21. The first kappa shape index (κ1) is 28.6. The molecule has 0 saturated carbocycles. The van der Waals surface area contributed by atoms with Crippen LogP contribution in [0.15, 0.2) is 12.1 Å². The van der Waals surface area contributed by atoms with Crippen LogP contribution in [0.4, 0.5) is 0 Å². The van der Waals surface area contributed by atoms with Crippen molar-refractivity contribution in [3.05, 3.63) is 45.4 Å². The number of nitrogens with zero attached hydrogens (tertiary/aromatic N) is 4. The Labute approximate surface area is 196 Å². The van der Waals surface area contributed by atoms with Crippen LogP contribution in [-0.2, 0) is 18.8 Å². The van der Waals surface area contributed by atoms with Crippen molar-refractivity contribution in [2.24, 2.45) is 0 Å². The molecule has 182 valence electrons. The molecule has 0 unspecified atom stereocenters. The molecule has 0 aromatic heterocycles. The van der Waals surface area contributed by atoms with Crippen molar-refractivity contribution in [2.45, 2.75) is 12.8 Å². The summed E-state index contributed by atoms with van der Waals surface area (Å²) in [5.41, 5.74) is -0.803. The van der Waals surface area contributed by atoms with E-state index in [9.17, 15) is 18.9 Å². The van der Waals surface area contributed by atoms with Gasteiger partial charge in [0, 0.05) is 23.3 Å². The minimum Gasteiger partial charge on any atom is -0.494 e. The lowest BCUT2D eigenvalue weighted by molar-refractivity contribution is 0.185. The van der Waals surface area contributed by atoms with E-state index < -0.39 is 39.6 Å². The van der Waals surface area contributed by atoms with Crippen LogP contribution in [0.3, 0.4) is 0 Å². The van der Waals surface area contributed by atoms with Crippen molar-refractivity contribution in [3.63, 3.8) is 0 Å². The molecule has 0 spiro atoms. The van der Waals surface area contributed by atoms with Gasteiger partial charge in [0.2, 0.25) is 11.2 Å². The van der Waals surface area contributed by atoms with Gasteiger partial charge in [-0.15, -0.1) is 0 Å². The minimum absolute atomic E-state index is 0.0194. The molecule has 0 bridgehead atoms. The van der Waals surface area contributed by atoms with Crippen molar-refractivity contribution < 1.29 is 44.5 Å². The molecule has 0 aliphatic carbocycles. The standard InChI is InChI=1S/C18H18N4O10S2/c1-21-15(11-19)13-9-18(30-6-4-8-32-34(26,27)28)14(16(12-20)22-2)10-17(13)29-5-3-7-31-33(23,24)25/h9-10,23-25H,3-8H2,(H,26,27,28)/b15-13-,16-14+. The van der Waals surface area contributed by atoms with Gasteiger partial charge in [0.15, 0.2) is 0 Å². The maximum atomic E-state index is 10.6. The van der Waals surface area contributed by atoms with E-state index in [1.54, 1.807) is 12.1 Å². The molecule has 16 heteroatoms. The van der Waals surface area contributed by atoms with Crippen molar-refractivity contribution in [1.29, 1.82) is 10.5 Å². The van der Waals surface area contributed by atoms with Gasteiger partial charge in [-0.2, -0.15) is 8.42 Å². The van der Waals surface area contributed by atoms with Gasteiger partial charge in [0.05, 0.1) is 51.7 Å². The first-order chi connectivity index (χ1) is 16.0. The van der Waals surface area contributed by atoms with E-state index >= 15 is 0 Å². The van der Waals surface area contributed by atoms with Crippen LogP contribution in [-0.4, -0.2) is 53.1 Å². The first-order valence-corrected chi connectivity index (χ1v) is 11.8. The molecule has 0 atom stereocenters. The van der Waals surface area contributed by atoms with Crippen LogP contribution in [0, 0.1) is 35.8 Å². The van der Waals surface area contributed by atoms with Gasteiger partial charge < -0.3 is 9.47 Å². The fourth-order valence-corrected chi connectivity index (χ4v) is 2.95. The Morgan fingerprint density at radius 3 is 1.56 bits per heavy atom. The predicted octanol–water partition coefficient (Wildman–Crippen LogP) is 1.30. The zero-order valence-corrected chi connectivity index (χ0v) is 18.9. The van der Waals surface area contributed by atoms with E-state index in [1.807, 2.05) is 0 Å². The van der Waals surface area contributed by atoms with Gasteiger partial charge in [-0.1, -0.05) is 0 Å². The molecular weight excluding hydrogens is 496 g/mol. The van der Waals surface area contributed by atoms with Gasteiger partial charge >= 0.3 is 10.4 Å². The summed E-state index contributed by atoms with van der Waals surface area (Å²) in [5, 5.41) is 18.5. The second kappa shape index (κ2) is 13.3. The topological polar surface area (TPSA) is 208 Å². The average molecular weight is 514 g/mol. The third kappa shape index (κ3) is 10.0. The monoisotopic (exact) mass is 514 g/mol. The molecular formula is C18H18N4O10S2. The second-order valence-electron chi connectivity index (χ2n) is 5.93. The number of rotatable bonds is 12. The van der Waals surface area contributed by atoms with E-state index in [0.717, 1.165) is 0 Å². The molecule has 34 heavy (non-hydrogen) atoms. The van der Waals surface area contributed by atoms with Gasteiger partial charge in [0.25, 0.3) is 11.4 Å². The van der Waals surface area contributed by atoms with Crippen molar-refractivity contribution >= 4 is 32.9 Å². The van der Waals surface area contributed by atoms with Crippen molar-refractivity contribution in [2.75, 3.05) is 26.4 Å². The van der Waals surface area contributed by atoms with Gasteiger partial charge in [0.1, 0.15) is 11.5 Å². The van der Waals surface area contributed by atoms with E-state index in [-0.39, 0.29) is 54.6 Å². The van der Waals surface area contributed by atoms with Crippen LogP contribution in [0.5, 0.6) is 11.5 Å².